The van der Waals surface area contributed by atoms with Crippen LogP contribution >= 0.6 is 0 Å². The first-order valence-electron chi connectivity index (χ1n) is 10.5. The van der Waals surface area contributed by atoms with Gasteiger partial charge in [0.25, 0.3) is 0 Å². The molecule has 4 aromatic rings. The number of hydrogen-bond acceptors (Lipinski definition) is 7. The van der Waals surface area contributed by atoms with Crippen molar-refractivity contribution in [1.29, 1.82) is 0 Å². The van der Waals surface area contributed by atoms with Gasteiger partial charge in [0.1, 0.15) is 17.0 Å². The van der Waals surface area contributed by atoms with E-state index in [9.17, 15) is 4.79 Å². The molecule has 0 bridgehead atoms. The summed E-state index contributed by atoms with van der Waals surface area (Å²) in [6.07, 6.45) is 8.80. The number of ether oxygens (including phenoxy) is 1. The van der Waals surface area contributed by atoms with Crippen LogP contribution in [-0.2, 0) is 4.79 Å². The van der Waals surface area contributed by atoms with Gasteiger partial charge in [-0.1, -0.05) is 6.58 Å². The molecule has 0 aromatic carbocycles. The van der Waals surface area contributed by atoms with E-state index in [0.29, 0.717) is 29.9 Å². The predicted molar refractivity (Wildman–Crippen MR) is 122 cm³/mol. The minimum atomic E-state index is -0.563. The average molecular weight is 447 g/mol. The van der Waals surface area contributed by atoms with Crippen molar-refractivity contribution in [3.63, 3.8) is 0 Å². The fraction of sp³-hybridized carbons (Fsp3) is 0.261. The number of likely N-dealkylation sites (N-methyl/N-ethyl adjacent to an activating group) is 1. The molecule has 1 saturated heterocycles. The van der Waals surface area contributed by atoms with Crippen LogP contribution in [-0.4, -0.2) is 68.4 Å². The van der Waals surface area contributed by atoms with Gasteiger partial charge in [-0.15, -0.1) is 0 Å². The number of carbonyl (C=O) groups is 1. The summed E-state index contributed by atoms with van der Waals surface area (Å²) in [5.41, 5.74) is 1.63. The second kappa shape index (κ2) is 8.12. The zero-order valence-electron chi connectivity index (χ0n) is 18.3. The molecule has 1 amide bonds. The van der Waals surface area contributed by atoms with Crippen LogP contribution in [0.1, 0.15) is 6.42 Å². The maximum absolute atomic E-state index is 15.8. The largest absolute Gasteiger partial charge is 0.467 e. The molecule has 33 heavy (non-hydrogen) atoms. The maximum Gasteiger partial charge on any atom is 0.318 e. The van der Waals surface area contributed by atoms with E-state index in [0.717, 1.165) is 11.9 Å². The van der Waals surface area contributed by atoms with Gasteiger partial charge in [-0.2, -0.15) is 9.97 Å². The van der Waals surface area contributed by atoms with Crippen LogP contribution in [0.2, 0.25) is 0 Å². The number of methoxy groups -OCH3 is 1. The molecule has 0 radical (unpaired) electrons. The lowest BCUT2D eigenvalue weighted by Crippen LogP contribution is -2.36. The summed E-state index contributed by atoms with van der Waals surface area (Å²) in [5.74, 6) is -0.176. The Morgan fingerprint density at radius 2 is 2.21 bits per heavy atom. The van der Waals surface area contributed by atoms with E-state index in [1.165, 1.54) is 13.2 Å². The van der Waals surface area contributed by atoms with Gasteiger partial charge < -0.3 is 18.9 Å². The summed E-state index contributed by atoms with van der Waals surface area (Å²) in [6, 6.07) is 3.66. The van der Waals surface area contributed by atoms with Gasteiger partial charge >= 0.3 is 6.01 Å². The van der Waals surface area contributed by atoms with Crippen LogP contribution in [0.3, 0.4) is 0 Å². The van der Waals surface area contributed by atoms with Gasteiger partial charge in [0.2, 0.25) is 5.91 Å². The Labute approximate surface area is 189 Å². The van der Waals surface area contributed by atoms with Gasteiger partial charge in [-0.3, -0.25) is 9.78 Å². The van der Waals surface area contributed by atoms with Crippen LogP contribution in [0.4, 0.5) is 10.2 Å². The highest BCUT2D eigenvalue weighted by molar-refractivity contribution is 5.93. The van der Waals surface area contributed by atoms with Crippen molar-refractivity contribution in [2.75, 3.05) is 32.1 Å². The number of amides is 1. The van der Waals surface area contributed by atoms with Gasteiger partial charge in [-0.05, 0) is 24.6 Å². The van der Waals surface area contributed by atoms with Crippen LogP contribution < -0.4 is 9.64 Å². The second-order valence-electron chi connectivity index (χ2n) is 7.87. The normalized spacial score (nSPS) is 15.8. The van der Waals surface area contributed by atoms with E-state index >= 15 is 4.39 Å². The molecule has 1 aliphatic rings. The van der Waals surface area contributed by atoms with Crippen molar-refractivity contribution < 1.29 is 13.9 Å². The summed E-state index contributed by atoms with van der Waals surface area (Å²) in [6.45, 7) is 4.70. The van der Waals surface area contributed by atoms with E-state index in [1.807, 2.05) is 24.2 Å². The zero-order chi connectivity index (χ0) is 23.1. The van der Waals surface area contributed by atoms with Crippen molar-refractivity contribution in [3.8, 4) is 17.3 Å². The molecule has 1 unspecified atom stereocenters. The minimum Gasteiger partial charge on any atom is -0.467 e. The molecule has 1 fully saturated rings. The highest BCUT2D eigenvalue weighted by Crippen LogP contribution is 2.34. The molecule has 4 aromatic heterocycles. The number of carbonyl (C=O) groups excluding carboxylic acids is 1. The first-order valence-corrected chi connectivity index (χ1v) is 10.5. The Morgan fingerprint density at radius 3 is 3.00 bits per heavy atom. The smallest absolute Gasteiger partial charge is 0.318 e. The van der Waals surface area contributed by atoms with Crippen molar-refractivity contribution in [2.24, 2.45) is 0 Å². The highest BCUT2D eigenvalue weighted by atomic mass is 19.1. The monoisotopic (exact) mass is 447 g/mol. The Balaban J connectivity index is 1.61. The van der Waals surface area contributed by atoms with E-state index in [-0.39, 0.29) is 29.2 Å². The third-order valence-electron chi connectivity index (χ3n) is 6.06. The number of fused-ring (bicyclic) bond motifs is 2. The molecule has 5 rings (SSSR count). The number of likely N-dealkylation sites (tertiary alicyclic amines) is 1. The van der Waals surface area contributed by atoms with E-state index in [4.69, 9.17) is 4.74 Å². The Kier molecular flexibility index (Phi) is 5.12. The highest BCUT2D eigenvalue weighted by Gasteiger charge is 2.30. The van der Waals surface area contributed by atoms with E-state index in [2.05, 4.69) is 26.5 Å². The third-order valence-corrected chi connectivity index (χ3v) is 6.06. The molecule has 10 heteroatoms. The summed E-state index contributed by atoms with van der Waals surface area (Å²) < 4.78 is 22.9. The lowest BCUT2D eigenvalue weighted by Gasteiger charge is -2.27. The fourth-order valence-corrected chi connectivity index (χ4v) is 4.28. The van der Waals surface area contributed by atoms with Crippen molar-refractivity contribution in [2.45, 2.75) is 12.5 Å². The lowest BCUT2D eigenvalue weighted by atomic mass is 10.1. The average Bonchev–Trinajstić information content (AvgIpc) is 3.53. The molecular weight excluding hydrogens is 425 g/mol. The number of halogens is 1. The van der Waals surface area contributed by atoms with E-state index < -0.39 is 5.82 Å². The summed E-state index contributed by atoms with van der Waals surface area (Å²) in [7, 11) is 3.31. The van der Waals surface area contributed by atoms with Crippen molar-refractivity contribution in [3.05, 3.63) is 55.5 Å². The number of anilines is 1. The number of aromatic nitrogens is 5. The topological polar surface area (TPSA) is 88.8 Å². The van der Waals surface area contributed by atoms with Crippen LogP contribution in [0.15, 0.2) is 49.7 Å². The summed E-state index contributed by atoms with van der Waals surface area (Å²) >= 11 is 0. The molecule has 0 saturated carbocycles. The Hall–Kier alpha value is -4.08. The minimum absolute atomic E-state index is 0.0000137. The molecule has 9 nitrogen and oxygen atoms in total. The standard InChI is InChI=1S/C23H22FN7O2/c1-4-18(32)30-9-7-14(12-30)29(2)22-16-10-26-20(19(24)21(16)27-23(28-22)33-3)15-6-5-8-31-13-25-11-17(15)31/h4-6,8,10-11,13-14H,1,7,9,12H2,2-3H3. The molecular formula is C23H22FN7O2. The van der Waals surface area contributed by atoms with Crippen molar-refractivity contribution >= 4 is 28.1 Å². The number of nitrogens with zero attached hydrogens (tertiary/aromatic N) is 7. The van der Waals surface area contributed by atoms with Gasteiger partial charge in [0.15, 0.2) is 5.82 Å². The quantitative estimate of drug-likeness (QED) is 0.435. The lowest BCUT2D eigenvalue weighted by molar-refractivity contribution is -0.125. The number of rotatable bonds is 5. The van der Waals surface area contributed by atoms with Crippen LogP contribution in [0.25, 0.3) is 27.7 Å². The van der Waals surface area contributed by atoms with Gasteiger partial charge in [-0.25, -0.2) is 9.37 Å². The molecule has 1 aliphatic heterocycles. The zero-order valence-corrected chi connectivity index (χ0v) is 18.3. The number of imidazole rings is 1. The SMILES string of the molecule is C=CC(=O)N1CCC(N(C)c2nc(OC)nc3c(F)c(-c4cccn5cncc45)ncc23)C1. The van der Waals surface area contributed by atoms with E-state index in [1.54, 1.807) is 34.1 Å². The summed E-state index contributed by atoms with van der Waals surface area (Å²) in [4.78, 5) is 33.0. The molecule has 0 spiro atoms. The summed E-state index contributed by atoms with van der Waals surface area (Å²) in [5, 5.41) is 0.466. The Morgan fingerprint density at radius 1 is 1.36 bits per heavy atom. The fourth-order valence-electron chi connectivity index (χ4n) is 4.28. The van der Waals surface area contributed by atoms with Crippen LogP contribution in [0.5, 0.6) is 6.01 Å². The molecule has 5 heterocycles. The number of pyridine rings is 2. The van der Waals surface area contributed by atoms with Crippen LogP contribution in [0, 0.1) is 5.82 Å². The van der Waals surface area contributed by atoms with Crippen molar-refractivity contribution in [1.82, 2.24) is 29.2 Å². The Bertz CT molecular complexity index is 1390. The maximum atomic E-state index is 15.8. The molecule has 1 atom stereocenters. The molecule has 0 N–H and O–H groups in total. The number of hydrogen-bond donors (Lipinski definition) is 0. The predicted octanol–water partition coefficient (Wildman–Crippen LogP) is 2.71. The molecule has 168 valence electrons. The first kappa shape index (κ1) is 20.8. The second-order valence-corrected chi connectivity index (χ2v) is 7.87. The molecule has 0 aliphatic carbocycles. The van der Waals surface area contributed by atoms with Gasteiger partial charge in [0, 0.05) is 44.1 Å². The van der Waals surface area contributed by atoms with Gasteiger partial charge in [0.05, 0.1) is 30.5 Å². The first-order chi connectivity index (χ1) is 16.0. The third kappa shape index (κ3) is 3.43.